The summed E-state index contributed by atoms with van der Waals surface area (Å²) in [5, 5.41) is 23.9. The zero-order chi connectivity index (χ0) is 48.1. The molecule has 0 fully saturated rings. The predicted molar refractivity (Wildman–Crippen MR) is 287 cm³/mol. The van der Waals surface area contributed by atoms with Gasteiger partial charge in [-0.25, -0.2) is 0 Å². The van der Waals surface area contributed by atoms with Crippen molar-refractivity contribution in [2.45, 2.75) is 315 Å². The predicted octanol–water partition coefficient (Wildman–Crippen LogP) is 17.8. The standard InChI is InChI=1S/C60H111NO5/c1-4-7-10-13-16-19-22-25-28-30-31-34-37-40-43-46-49-52-58(63)57(55-62)61-59(64)54-56(51-48-45-42-39-36-33-27-24-21-18-15-12-9-6-3)66-60(65)53-50-47-44-41-38-35-32-29-26-23-20-17-14-11-8-5-2/h29,32-33,35-36,38-39,42,56-58,62-63H,4-28,30-31,34,37,40-41,43-55H2,1-3H3,(H,61,64)/b32-29+,36-33+,38-35+,42-39+. The fourth-order valence-corrected chi connectivity index (χ4v) is 8.77. The topological polar surface area (TPSA) is 95.9 Å². The van der Waals surface area contributed by atoms with Crippen LogP contribution in [0.15, 0.2) is 48.6 Å². The first kappa shape index (κ1) is 63.8. The van der Waals surface area contributed by atoms with Crippen molar-refractivity contribution in [3.05, 3.63) is 48.6 Å². The van der Waals surface area contributed by atoms with Gasteiger partial charge in [0.15, 0.2) is 0 Å². The van der Waals surface area contributed by atoms with Gasteiger partial charge in [0.2, 0.25) is 5.91 Å². The van der Waals surface area contributed by atoms with Gasteiger partial charge in [-0.3, -0.25) is 9.59 Å². The van der Waals surface area contributed by atoms with Gasteiger partial charge in [0.05, 0.1) is 25.2 Å². The van der Waals surface area contributed by atoms with E-state index in [1.807, 2.05) is 0 Å². The molecule has 6 heteroatoms. The van der Waals surface area contributed by atoms with Crippen LogP contribution in [0.25, 0.3) is 0 Å². The number of aliphatic hydroxyl groups is 2. The highest BCUT2D eigenvalue weighted by Gasteiger charge is 2.24. The van der Waals surface area contributed by atoms with Crippen LogP contribution in [-0.4, -0.2) is 46.9 Å². The number of hydrogen-bond donors (Lipinski definition) is 3. The number of aliphatic hydroxyl groups excluding tert-OH is 2. The van der Waals surface area contributed by atoms with Crippen molar-refractivity contribution >= 4 is 11.9 Å². The highest BCUT2D eigenvalue weighted by atomic mass is 16.5. The molecule has 3 atom stereocenters. The Morgan fingerprint density at radius 1 is 0.439 bits per heavy atom. The lowest BCUT2D eigenvalue weighted by Crippen LogP contribution is -2.46. The molecule has 0 aliphatic rings. The van der Waals surface area contributed by atoms with Gasteiger partial charge in [-0.1, -0.05) is 262 Å². The van der Waals surface area contributed by atoms with E-state index in [2.05, 4.69) is 74.7 Å². The number of carbonyl (C=O) groups is 2. The molecule has 0 aliphatic heterocycles. The summed E-state index contributed by atoms with van der Waals surface area (Å²) in [6.07, 6.45) is 66.1. The lowest BCUT2D eigenvalue weighted by atomic mass is 10.0. The molecule has 1 amide bonds. The Balaban J connectivity index is 4.60. The maximum Gasteiger partial charge on any atom is 0.306 e. The zero-order valence-electron chi connectivity index (χ0n) is 44.1. The molecule has 0 saturated carbocycles. The van der Waals surface area contributed by atoms with Crippen LogP contribution < -0.4 is 5.32 Å². The molecule has 0 rings (SSSR count). The fourth-order valence-electron chi connectivity index (χ4n) is 8.77. The Morgan fingerprint density at radius 3 is 1.15 bits per heavy atom. The highest BCUT2D eigenvalue weighted by molar-refractivity contribution is 5.77. The maximum absolute atomic E-state index is 13.2. The lowest BCUT2D eigenvalue weighted by Gasteiger charge is -2.24. The summed E-state index contributed by atoms with van der Waals surface area (Å²) in [5.41, 5.74) is 0. The first-order valence-corrected chi connectivity index (χ1v) is 28.9. The van der Waals surface area contributed by atoms with Crippen molar-refractivity contribution in [1.82, 2.24) is 5.32 Å². The van der Waals surface area contributed by atoms with E-state index in [1.54, 1.807) is 0 Å². The van der Waals surface area contributed by atoms with Gasteiger partial charge in [0, 0.05) is 6.42 Å². The van der Waals surface area contributed by atoms with Gasteiger partial charge in [0.1, 0.15) is 6.10 Å². The molecule has 0 saturated heterocycles. The SMILES string of the molecule is CCCCCCCCC/C=C/C=C/CCCCCC(=O)OC(CCC/C=C/C=C/CCCCCCCCC)CC(=O)NC(CO)C(O)CCCCCCCCCCCCCCCCCCC. The fraction of sp³-hybridized carbons (Fsp3) is 0.833. The first-order chi connectivity index (χ1) is 32.5. The van der Waals surface area contributed by atoms with Crippen LogP contribution in [0, 0.1) is 0 Å². The minimum Gasteiger partial charge on any atom is -0.462 e. The third-order valence-corrected chi connectivity index (χ3v) is 13.2. The second-order valence-electron chi connectivity index (χ2n) is 19.7. The van der Waals surface area contributed by atoms with E-state index in [1.165, 1.54) is 180 Å². The molecule has 6 nitrogen and oxygen atoms in total. The molecule has 386 valence electrons. The Morgan fingerprint density at radius 2 is 0.773 bits per heavy atom. The quantitative estimate of drug-likeness (QED) is 0.0321. The average Bonchev–Trinajstić information content (AvgIpc) is 3.31. The second-order valence-corrected chi connectivity index (χ2v) is 19.7. The summed E-state index contributed by atoms with van der Waals surface area (Å²) in [6.45, 7) is 6.48. The highest BCUT2D eigenvalue weighted by Crippen LogP contribution is 2.18. The third kappa shape index (κ3) is 48.3. The van der Waals surface area contributed by atoms with Gasteiger partial charge in [-0.05, 0) is 70.6 Å². The maximum atomic E-state index is 13.2. The van der Waals surface area contributed by atoms with Gasteiger partial charge in [0.25, 0.3) is 0 Å². The van der Waals surface area contributed by atoms with Crippen LogP contribution in [-0.2, 0) is 14.3 Å². The summed E-state index contributed by atoms with van der Waals surface area (Å²) >= 11 is 0. The number of nitrogens with one attached hydrogen (secondary N) is 1. The third-order valence-electron chi connectivity index (χ3n) is 13.2. The summed E-state index contributed by atoms with van der Waals surface area (Å²) < 4.78 is 5.92. The molecule has 0 heterocycles. The number of hydrogen-bond acceptors (Lipinski definition) is 5. The number of unbranched alkanes of at least 4 members (excludes halogenated alkanes) is 34. The lowest BCUT2D eigenvalue weighted by molar-refractivity contribution is -0.151. The molecule has 0 aliphatic carbocycles. The van der Waals surface area contributed by atoms with Crippen molar-refractivity contribution < 1.29 is 24.5 Å². The smallest absolute Gasteiger partial charge is 0.306 e. The summed E-state index contributed by atoms with van der Waals surface area (Å²) in [4.78, 5) is 26.2. The molecular weight excluding hydrogens is 815 g/mol. The average molecular weight is 927 g/mol. The summed E-state index contributed by atoms with van der Waals surface area (Å²) in [5.74, 6) is -0.543. The number of rotatable bonds is 52. The van der Waals surface area contributed by atoms with Gasteiger partial charge in [-0.2, -0.15) is 0 Å². The van der Waals surface area contributed by atoms with Gasteiger partial charge < -0.3 is 20.3 Å². The zero-order valence-corrected chi connectivity index (χ0v) is 44.1. The number of amides is 1. The molecule has 0 spiro atoms. The number of allylic oxidation sites excluding steroid dienone is 8. The van der Waals surface area contributed by atoms with Crippen LogP contribution >= 0.6 is 0 Å². The van der Waals surface area contributed by atoms with E-state index >= 15 is 0 Å². The molecule has 0 radical (unpaired) electrons. The van der Waals surface area contributed by atoms with Gasteiger partial charge in [-0.15, -0.1) is 0 Å². The van der Waals surface area contributed by atoms with Crippen LogP contribution in [0.4, 0.5) is 0 Å². The molecule has 66 heavy (non-hydrogen) atoms. The molecule has 3 unspecified atom stereocenters. The second kappa shape index (κ2) is 53.8. The molecule has 0 bridgehead atoms. The van der Waals surface area contributed by atoms with Crippen LogP contribution in [0.1, 0.15) is 297 Å². The van der Waals surface area contributed by atoms with Crippen LogP contribution in [0.3, 0.4) is 0 Å². The largest absolute Gasteiger partial charge is 0.462 e. The molecule has 3 N–H and O–H groups in total. The van der Waals surface area contributed by atoms with E-state index in [-0.39, 0.29) is 24.9 Å². The van der Waals surface area contributed by atoms with Crippen molar-refractivity contribution in [3.63, 3.8) is 0 Å². The van der Waals surface area contributed by atoms with E-state index < -0.39 is 18.2 Å². The number of carbonyl (C=O) groups excluding carboxylic acids is 2. The summed E-state index contributed by atoms with van der Waals surface area (Å²) in [7, 11) is 0. The van der Waals surface area contributed by atoms with E-state index in [0.717, 1.165) is 70.6 Å². The van der Waals surface area contributed by atoms with E-state index in [4.69, 9.17) is 4.74 Å². The minimum absolute atomic E-state index is 0.0351. The normalized spacial score (nSPS) is 13.5. The first-order valence-electron chi connectivity index (χ1n) is 28.9. The molecule has 0 aromatic carbocycles. The monoisotopic (exact) mass is 926 g/mol. The van der Waals surface area contributed by atoms with Crippen molar-refractivity contribution in [3.8, 4) is 0 Å². The minimum atomic E-state index is -0.805. The van der Waals surface area contributed by atoms with E-state index in [0.29, 0.717) is 19.3 Å². The van der Waals surface area contributed by atoms with Crippen molar-refractivity contribution in [2.24, 2.45) is 0 Å². The molecule has 0 aromatic rings. The summed E-state index contributed by atoms with van der Waals surface area (Å²) in [6, 6.07) is -0.722. The van der Waals surface area contributed by atoms with E-state index in [9.17, 15) is 19.8 Å². The van der Waals surface area contributed by atoms with Crippen molar-refractivity contribution in [1.29, 1.82) is 0 Å². The molecule has 0 aromatic heterocycles. The Kier molecular flexibility index (Phi) is 52.0. The Labute approximate surface area is 410 Å². The number of esters is 1. The van der Waals surface area contributed by atoms with Gasteiger partial charge >= 0.3 is 5.97 Å². The Bertz CT molecular complexity index is 1130. The number of ether oxygens (including phenoxy) is 1. The Hall–Kier alpha value is -2.18. The molecular formula is C60H111NO5. The van der Waals surface area contributed by atoms with Crippen LogP contribution in [0.2, 0.25) is 0 Å². The van der Waals surface area contributed by atoms with Crippen molar-refractivity contribution in [2.75, 3.05) is 6.61 Å². The van der Waals surface area contributed by atoms with Crippen LogP contribution in [0.5, 0.6) is 0 Å².